The van der Waals surface area contributed by atoms with E-state index in [1.807, 2.05) is 104 Å². The number of aromatic nitrogens is 8. The summed E-state index contributed by atoms with van der Waals surface area (Å²) < 4.78 is 0. The van der Waals surface area contributed by atoms with Crippen LogP contribution in [0.1, 0.15) is 72.9 Å². The molecule has 6 atom stereocenters. The van der Waals surface area contributed by atoms with Crippen LogP contribution in [0.15, 0.2) is 286 Å². The van der Waals surface area contributed by atoms with Gasteiger partial charge in [0.1, 0.15) is 42.1 Å². The molecule has 0 spiro atoms. The van der Waals surface area contributed by atoms with Crippen molar-refractivity contribution in [2.75, 3.05) is 37.7 Å². The zero-order chi connectivity index (χ0) is 94.8. The Morgan fingerprint density at radius 2 is 0.986 bits per heavy atom. The molecule has 13 N–H and O–H groups in total. The number of nitrogens with two attached hydrogens (primary N) is 2. The summed E-state index contributed by atoms with van der Waals surface area (Å²) >= 11 is 0. The number of amides is 9. The molecule has 2 fully saturated rings. The molecule has 9 heterocycles. The summed E-state index contributed by atoms with van der Waals surface area (Å²) in [6.07, 6.45) is 13.5. The maximum atomic E-state index is 14.6. The predicted octanol–water partition coefficient (Wildman–Crippen LogP) is 13.7. The van der Waals surface area contributed by atoms with Gasteiger partial charge >= 0.3 is 5.97 Å². The van der Waals surface area contributed by atoms with E-state index < -0.39 is 108 Å². The Balaban J connectivity index is 0.000000206. The van der Waals surface area contributed by atoms with E-state index in [0.717, 1.165) is 115 Å². The van der Waals surface area contributed by atoms with Crippen LogP contribution in [-0.2, 0) is 69.0 Å². The molecule has 6 unspecified atom stereocenters. The first kappa shape index (κ1) is 95.8. The number of H-pyrrole nitrogens is 1. The minimum atomic E-state index is -1.74. The van der Waals surface area contributed by atoms with Crippen LogP contribution in [0.3, 0.4) is 0 Å². The molecule has 9 amide bonds. The molecule has 0 saturated carbocycles. The molecular formula is C106H96N18O11RuS2. The molecule has 696 valence electrons. The number of rotatable bonds is 19. The molecule has 1 aliphatic carbocycles. The summed E-state index contributed by atoms with van der Waals surface area (Å²) in [6.45, 7) is -0.559. The summed E-state index contributed by atoms with van der Waals surface area (Å²) in [6, 6.07) is 72.4. The second-order valence-corrected chi connectivity index (χ2v) is 35.8. The number of carboxylic acid groups (broad SMARTS) is 1. The van der Waals surface area contributed by atoms with Gasteiger partial charge in [-0.25, -0.2) is 4.98 Å². The van der Waals surface area contributed by atoms with E-state index in [1.54, 1.807) is 36.7 Å². The summed E-state index contributed by atoms with van der Waals surface area (Å²) in [5, 5.41) is 34.2. The van der Waals surface area contributed by atoms with Gasteiger partial charge in [-0.3, -0.25) is 77.8 Å². The molecule has 32 heteroatoms. The van der Waals surface area contributed by atoms with E-state index in [4.69, 9.17) is 16.5 Å². The topological polar surface area (TPSA) is 436 Å². The van der Waals surface area contributed by atoms with Gasteiger partial charge in [-0.15, -0.1) is 0 Å². The number of aromatic amines is 1. The first-order valence-electron chi connectivity index (χ1n) is 45.2. The molecule has 16 aromatic rings. The Kier molecular flexibility index (Phi) is 31.1. The van der Waals surface area contributed by atoms with Crippen LogP contribution in [-0.4, -0.2) is 183 Å². The number of pyridine rings is 6. The molecule has 3 aliphatic rings. The van der Waals surface area contributed by atoms with Gasteiger partial charge < -0.3 is 63.7 Å². The van der Waals surface area contributed by atoms with Crippen LogP contribution >= 0.6 is 21.6 Å². The van der Waals surface area contributed by atoms with Gasteiger partial charge in [0, 0.05) is 138 Å². The minimum absolute atomic E-state index is 0. The second kappa shape index (κ2) is 44.9. The van der Waals surface area contributed by atoms with Gasteiger partial charge in [0.15, 0.2) is 0 Å². The molecule has 29 nitrogen and oxygen atoms in total. The number of benzene rings is 9. The third-order valence-corrected chi connectivity index (χ3v) is 26.8. The summed E-state index contributed by atoms with van der Waals surface area (Å²) in [7, 11) is 2.10. The Hall–Kier alpha value is -15.4. The number of carbonyl (C=O) groups excluding carboxylic acids is 9. The fraction of sp³-hybridized carbons (Fsp3) is 0.198. The third kappa shape index (κ3) is 22.1. The number of unbranched alkanes of at least 4 members (excludes halogenated alkanes) is 1. The zero-order valence-electron chi connectivity index (χ0n) is 74.6. The largest absolute Gasteiger partial charge is 0.481 e. The second-order valence-electron chi connectivity index (χ2n) is 33.3. The van der Waals surface area contributed by atoms with Crippen LogP contribution in [0.2, 0.25) is 0 Å². The van der Waals surface area contributed by atoms with E-state index in [-0.39, 0.29) is 76.3 Å². The van der Waals surface area contributed by atoms with E-state index >= 15 is 0 Å². The molecule has 2 aliphatic heterocycles. The summed E-state index contributed by atoms with van der Waals surface area (Å²) in [5.74, 6) is -8.20. The van der Waals surface area contributed by atoms with Crippen LogP contribution in [0, 0.1) is 0 Å². The minimum Gasteiger partial charge on any atom is -0.481 e. The zero-order valence-corrected chi connectivity index (χ0v) is 78.0. The standard InChI is InChI=1S/C58H64N14O11S2.2C24H16N2.Ru/c59-21-4-3-12-38-54(79)64-28-45(74)65-39(27-46(75)76)55(80)68-40(26-34-19-14-31-8-1-2-9-35(31)34)58(83)72-25-7-13-43(72)57(82)69-41(51(60)77)29-84-85-30-42(56(81)67-38)66-44(73)20-24-63-53(78)33-17-15-32(16-18-33)52-70-49-36-10-5-22-61-47(36)48-37(50(49)71-52)11-6-23-62-48;2*1-3-7-17(8-4-1)19-13-15-25-23-21(19)11-12-22-20(14-16-26-24(22)23)18-9-5-2-6-10-18;/h1-2,5-6,8-11,15-19,22-23,38-43H,3-4,7,12-14,20-21,24-30,59H2,(H2,60,77)(H,63,78)(H,64,79)(H,65,74)(H,66,73)(H,67,81)(H,68,80)(H,69,82)(H,70,71)(H,75,76);2*1-16H;. The van der Waals surface area contributed by atoms with Crippen LogP contribution < -0.4 is 48.7 Å². The van der Waals surface area contributed by atoms with Crippen molar-refractivity contribution in [1.29, 1.82) is 0 Å². The van der Waals surface area contributed by atoms with E-state index in [1.165, 1.54) is 49.4 Å². The van der Waals surface area contributed by atoms with Crippen molar-refractivity contribution in [3.8, 4) is 55.9 Å². The number of carboxylic acids is 1. The van der Waals surface area contributed by atoms with E-state index in [0.29, 0.717) is 42.6 Å². The molecule has 0 bridgehead atoms. The molecule has 19 rings (SSSR count). The maximum Gasteiger partial charge on any atom is 0.305 e. The fourth-order valence-electron chi connectivity index (χ4n) is 17.6. The number of fused-ring (bicyclic) bond motifs is 14. The average Bonchev–Trinajstić information content (AvgIpc) is 1.12. The van der Waals surface area contributed by atoms with Crippen molar-refractivity contribution >= 4 is 163 Å². The number of nitrogens with zero attached hydrogens (tertiary/aromatic N) is 8. The van der Waals surface area contributed by atoms with Gasteiger partial charge in [0.2, 0.25) is 47.3 Å². The van der Waals surface area contributed by atoms with Crippen LogP contribution in [0.5, 0.6) is 0 Å². The number of primary amides is 1. The number of allylic oxidation sites excluding steroid dienone is 1. The molecule has 0 radical (unpaired) electrons. The van der Waals surface area contributed by atoms with Crippen molar-refractivity contribution in [1.82, 2.24) is 82.0 Å². The monoisotopic (exact) mass is 1960 g/mol. The average molecular weight is 1960 g/mol. The van der Waals surface area contributed by atoms with Crippen LogP contribution in [0.4, 0.5) is 0 Å². The number of nitrogens with one attached hydrogen (secondary N) is 8. The van der Waals surface area contributed by atoms with Gasteiger partial charge in [0.25, 0.3) is 5.91 Å². The number of imidazole rings is 1. The van der Waals surface area contributed by atoms with E-state index in [9.17, 15) is 53.1 Å². The van der Waals surface area contributed by atoms with Gasteiger partial charge in [-0.1, -0.05) is 210 Å². The fourth-order valence-corrected chi connectivity index (χ4v) is 20.0. The summed E-state index contributed by atoms with van der Waals surface area (Å²) in [4.78, 5) is 174. The Bertz CT molecular complexity index is 6830. The smallest absolute Gasteiger partial charge is 0.305 e. The van der Waals surface area contributed by atoms with Gasteiger partial charge in [0.05, 0.1) is 57.1 Å². The maximum absolute atomic E-state index is 14.6. The molecule has 2 saturated heterocycles. The molecule has 9 aromatic carbocycles. The number of aliphatic carboxylic acids is 1. The first-order chi connectivity index (χ1) is 66.9. The molecular weight excluding hydrogens is 1870 g/mol. The van der Waals surface area contributed by atoms with Gasteiger partial charge in [-0.05, 0) is 167 Å². The van der Waals surface area contributed by atoms with Crippen molar-refractivity contribution in [3.05, 3.63) is 303 Å². The first-order valence-corrected chi connectivity index (χ1v) is 47.6. The number of carbonyl (C=O) groups is 10. The Morgan fingerprint density at radius 3 is 1.53 bits per heavy atom. The SMILES string of the molecule is NCCCCC1NC(=O)C(NC(=O)CCNC(=O)c2ccc(-c3nc4c5cccnc5c5ncccc5c4[nH]3)cc2)CSSCC(C(N)=O)NC(=O)C2CCCN2C(=O)C(CC2=CCc3ccccc32)NC(=O)C(CC(=O)O)NC(=O)CNC1=O.[Ru].c1ccc(-c2ccnc3c2ccc2c(-c4ccccc4)ccnc23)cc1.c1ccc(-c2ccnc3c2ccc2c(-c4ccccc4)ccnc23)cc1. The number of hydrogen-bond acceptors (Lipinski definition) is 20. The Morgan fingerprint density at radius 1 is 0.478 bits per heavy atom. The van der Waals surface area contributed by atoms with Gasteiger partial charge in [-0.2, -0.15) is 0 Å². The van der Waals surface area contributed by atoms with Crippen molar-refractivity contribution in [2.45, 2.75) is 94.0 Å². The normalized spacial score (nSPS) is 17.2. The predicted molar refractivity (Wildman–Crippen MR) is 534 cm³/mol. The molecule has 7 aromatic heterocycles. The number of hydrogen-bond donors (Lipinski definition) is 11. The Labute approximate surface area is 813 Å². The molecule has 138 heavy (non-hydrogen) atoms. The summed E-state index contributed by atoms with van der Waals surface area (Å²) in [5.41, 5.74) is 31.3. The van der Waals surface area contributed by atoms with Crippen molar-refractivity contribution < 1.29 is 72.5 Å². The van der Waals surface area contributed by atoms with Crippen LogP contribution in [0.25, 0.3) is 138 Å². The van der Waals surface area contributed by atoms with E-state index in [2.05, 4.69) is 218 Å². The third-order valence-electron chi connectivity index (χ3n) is 24.4. The quantitative estimate of drug-likeness (QED) is 0.0155. The van der Waals surface area contributed by atoms with Crippen molar-refractivity contribution in [3.63, 3.8) is 0 Å². The van der Waals surface area contributed by atoms with Crippen molar-refractivity contribution in [2.24, 2.45) is 11.5 Å².